The molecule has 0 saturated carbocycles. The van der Waals surface area contributed by atoms with Gasteiger partial charge in [-0.15, -0.1) is 0 Å². The van der Waals surface area contributed by atoms with Gasteiger partial charge in [0.25, 0.3) is 5.56 Å². The second-order valence-electron chi connectivity index (χ2n) is 4.62. The van der Waals surface area contributed by atoms with Crippen molar-refractivity contribution >= 4 is 22.5 Å². The predicted molar refractivity (Wildman–Crippen MR) is 75.9 cm³/mol. The van der Waals surface area contributed by atoms with E-state index < -0.39 is 0 Å². The summed E-state index contributed by atoms with van der Waals surface area (Å²) in [6, 6.07) is 3.16. The lowest BCUT2D eigenvalue weighted by atomic mass is 10.1. The van der Waals surface area contributed by atoms with Gasteiger partial charge >= 0.3 is 0 Å². The van der Waals surface area contributed by atoms with E-state index in [1.165, 1.54) is 17.2 Å². The summed E-state index contributed by atoms with van der Waals surface area (Å²) in [6.07, 6.45) is 2.94. The van der Waals surface area contributed by atoms with Crippen LogP contribution in [0, 0.1) is 6.92 Å². The van der Waals surface area contributed by atoms with Crippen LogP contribution in [0.1, 0.15) is 24.4 Å². The smallest absolute Gasteiger partial charge is 0.261 e. The third-order valence-electron chi connectivity index (χ3n) is 3.29. The van der Waals surface area contributed by atoms with Crippen molar-refractivity contribution in [3.8, 4) is 0 Å². The largest absolute Gasteiger partial charge is 0.288 e. The van der Waals surface area contributed by atoms with E-state index in [0.29, 0.717) is 21.7 Å². The first kappa shape index (κ1) is 12.8. The molecule has 0 aliphatic rings. The summed E-state index contributed by atoms with van der Waals surface area (Å²) in [6.45, 7) is 3.73. The molecule has 20 heavy (non-hydrogen) atoms. The van der Waals surface area contributed by atoms with Crippen LogP contribution in [0.3, 0.4) is 0 Å². The number of aryl methyl sites for hydroxylation is 1. The molecule has 0 spiro atoms. The van der Waals surface area contributed by atoms with Crippen LogP contribution in [-0.2, 0) is 0 Å². The lowest BCUT2D eigenvalue weighted by Gasteiger charge is -2.13. The number of aromatic amines is 1. The Morgan fingerprint density at radius 2 is 2.15 bits per heavy atom. The molecule has 102 valence electrons. The number of benzene rings is 1. The van der Waals surface area contributed by atoms with Gasteiger partial charge in [0.1, 0.15) is 12.2 Å². The molecule has 0 unspecified atom stereocenters. The van der Waals surface area contributed by atoms with Gasteiger partial charge in [-0.05, 0) is 31.5 Å². The summed E-state index contributed by atoms with van der Waals surface area (Å²) in [5, 5.41) is 7.59. The maximum Gasteiger partial charge on any atom is 0.261 e. The summed E-state index contributed by atoms with van der Waals surface area (Å²) >= 11 is 6.02. The number of H-pyrrole nitrogens is 1. The van der Waals surface area contributed by atoms with Gasteiger partial charge in [0.15, 0.2) is 0 Å². The van der Waals surface area contributed by atoms with Crippen molar-refractivity contribution in [3.05, 3.63) is 51.6 Å². The number of aromatic nitrogens is 5. The number of nitrogens with zero attached hydrogens (tertiary/aromatic N) is 4. The molecule has 1 N–H and O–H groups in total. The van der Waals surface area contributed by atoms with Gasteiger partial charge in [-0.1, -0.05) is 11.6 Å². The molecule has 6 nitrogen and oxygen atoms in total. The normalized spacial score (nSPS) is 12.8. The standard InChI is InChI=1S/C13H12ClN5O/c1-7-3-9(14)4-10-11(7)16-6-19(13(10)20)8(2)12-15-5-17-18-12/h3-6,8H,1-2H3,(H,15,17,18)/t8-/m1/s1. The molecular formula is C13H12ClN5O. The Balaban J connectivity index is 2.24. The Kier molecular flexibility index (Phi) is 3.02. The van der Waals surface area contributed by atoms with Crippen LogP contribution >= 0.6 is 11.6 Å². The first-order valence-electron chi connectivity index (χ1n) is 6.10. The quantitative estimate of drug-likeness (QED) is 0.783. The third kappa shape index (κ3) is 1.98. The fraction of sp³-hybridized carbons (Fsp3) is 0.231. The second kappa shape index (κ2) is 4.72. The zero-order chi connectivity index (χ0) is 14.3. The topological polar surface area (TPSA) is 76.5 Å². The molecule has 0 fully saturated rings. The molecule has 7 heteroatoms. The monoisotopic (exact) mass is 289 g/mol. The van der Waals surface area contributed by atoms with Crippen molar-refractivity contribution in [2.75, 3.05) is 0 Å². The molecule has 0 aliphatic carbocycles. The first-order chi connectivity index (χ1) is 9.58. The Labute approximate surface area is 119 Å². The number of hydrogen-bond donors (Lipinski definition) is 1. The van der Waals surface area contributed by atoms with Gasteiger partial charge in [0.05, 0.1) is 23.3 Å². The van der Waals surface area contributed by atoms with Crippen LogP contribution < -0.4 is 5.56 Å². The zero-order valence-electron chi connectivity index (χ0n) is 11.0. The molecule has 2 heterocycles. The van der Waals surface area contributed by atoms with E-state index in [4.69, 9.17) is 11.6 Å². The number of rotatable bonds is 2. The molecule has 0 saturated heterocycles. The van der Waals surface area contributed by atoms with Crippen LogP contribution in [0.25, 0.3) is 10.9 Å². The maximum atomic E-state index is 12.6. The molecule has 3 aromatic rings. The fourth-order valence-corrected chi connectivity index (χ4v) is 2.48. The number of fused-ring (bicyclic) bond motifs is 1. The SMILES string of the molecule is Cc1cc(Cl)cc2c(=O)n([C@H](C)c3ncn[nH]3)cnc12. The van der Waals surface area contributed by atoms with Gasteiger partial charge in [0, 0.05) is 5.02 Å². The molecule has 0 aliphatic heterocycles. The first-order valence-corrected chi connectivity index (χ1v) is 6.48. The minimum absolute atomic E-state index is 0.149. The molecular weight excluding hydrogens is 278 g/mol. The Bertz CT molecular complexity index is 825. The minimum atomic E-state index is -0.277. The van der Waals surface area contributed by atoms with Gasteiger partial charge in [0.2, 0.25) is 0 Å². The molecule has 0 bridgehead atoms. The molecule has 3 rings (SSSR count). The van der Waals surface area contributed by atoms with Crippen molar-refractivity contribution in [3.63, 3.8) is 0 Å². The Morgan fingerprint density at radius 1 is 1.35 bits per heavy atom. The lowest BCUT2D eigenvalue weighted by molar-refractivity contribution is 0.577. The van der Waals surface area contributed by atoms with Crippen molar-refractivity contribution in [1.29, 1.82) is 0 Å². The van der Waals surface area contributed by atoms with Crippen LogP contribution in [0.15, 0.2) is 29.6 Å². The van der Waals surface area contributed by atoms with Gasteiger partial charge < -0.3 is 0 Å². The highest BCUT2D eigenvalue weighted by Crippen LogP contribution is 2.20. The summed E-state index contributed by atoms with van der Waals surface area (Å²) in [5.74, 6) is 0.604. The van der Waals surface area contributed by atoms with Crippen LogP contribution in [0.4, 0.5) is 0 Å². The van der Waals surface area contributed by atoms with Crippen LogP contribution in [-0.4, -0.2) is 24.7 Å². The average molecular weight is 290 g/mol. The summed E-state index contributed by atoms with van der Waals surface area (Å²) in [5.41, 5.74) is 1.40. The predicted octanol–water partition coefficient (Wildman–Crippen LogP) is 2.09. The number of nitrogens with one attached hydrogen (secondary N) is 1. The van der Waals surface area contributed by atoms with Crippen molar-refractivity contribution < 1.29 is 0 Å². The third-order valence-corrected chi connectivity index (χ3v) is 3.51. The van der Waals surface area contributed by atoms with E-state index in [1.54, 1.807) is 12.1 Å². The van der Waals surface area contributed by atoms with E-state index in [0.717, 1.165) is 5.56 Å². The van der Waals surface area contributed by atoms with E-state index in [9.17, 15) is 4.79 Å². The Hall–Kier alpha value is -2.21. The number of hydrogen-bond acceptors (Lipinski definition) is 4. The highest BCUT2D eigenvalue weighted by Gasteiger charge is 2.15. The molecule has 0 amide bonds. The highest BCUT2D eigenvalue weighted by atomic mass is 35.5. The molecule has 1 aromatic carbocycles. The maximum absolute atomic E-state index is 12.6. The summed E-state index contributed by atoms with van der Waals surface area (Å²) in [4.78, 5) is 21.0. The van der Waals surface area contributed by atoms with Crippen LogP contribution in [0.5, 0.6) is 0 Å². The van der Waals surface area contributed by atoms with Gasteiger partial charge in [-0.25, -0.2) is 9.97 Å². The van der Waals surface area contributed by atoms with E-state index >= 15 is 0 Å². The van der Waals surface area contributed by atoms with Crippen molar-refractivity contribution in [2.45, 2.75) is 19.9 Å². The summed E-state index contributed by atoms with van der Waals surface area (Å²) in [7, 11) is 0. The van der Waals surface area contributed by atoms with Crippen LogP contribution in [0.2, 0.25) is 5.02 Å². The highest BCUT2D eigenvalue weighted by molar-refractivity contribution is 6.31. The number of halogens is 1. The van der Waals surface area contributed by atoms with Gasteiger partial charge in [-0.2, -0.15) is 5.10 Å². The Morgan fingerprint density at radius 3 is 2.85 bits per heavy atom. The fourth-order valence-electron chi connectivity index (χ4n) is 2.21. The van der Waals surface area contributed by atoms with E-state index in [2.05, 4.69) is 20.2 Å². The van der Waals surface area contributed by atoms with E-state index in [-0.39, 0.29) is 11.6 Å². The molecule has 1 atom stereocenters. The second-order valence-corrected chi connectivity index (χ2v) is 5.06. The van der Waals surface area contributed by atoms with E-state index in [1.807, 2.05) is 13.8 Å². The molecule has 0 radical (unpaired) electrons. The molecule has 2 aromatic heterocycles. The van der Waals surface area contributed by atoms with Crippen molar-refractivity contribution in [1.82, 2.24) is 24.7 Å². The average Bonchev–Trinajstić information content (AvgIpc) is 2.93. The van der Waals surface area contributed by atoms with Crippen molar-refractivity contribution in [2.24, 2.45) is 0 Å². The lowest BCUT2D eigenvalue weighted by Crippen LogP contribution is -2.25. The minimum Gasteiger partial charge on any atom is -0.288 e. The summed E-state index contributed by atoms with van der Waals surface area (Å²) < 4.78 is 1.51. The van der Waals surface area contributed by atoms with Gasteiger partial charge in [-0.3, -0.25) is 14.5 Å². The zero-order valence-corrected chi connectivity index (χ0v) is 11.7.